The van der Waals surface area contributed by atoms with Gasteiger partial charge >= 0.3 is 0 Å². The molecule has 0 unspecified atom stereocenters. The molecule has 118 valence electrons. The zero-order chi connectivity index (χ0) is 16.4. The molecule has 1 aliphatic rings. The number of aromatic nitrogens is 2. The van der Waals surface area contributed by atoms with E-state index in [0.29, 0.717) is 11.7 Å². The first-order valence-electron chi connectivity index (χ1n) is 7.43. The van der Waals surface area contributed by atoms with Gasteiger partial charge in [0, 0.05) is 22.7 Å². The highest BCUT2D eigenvalue weighted by molar-refractivity contribution is 8.17. The van der Waals surface area contributed by atoms with Crippen LogP contribution in [-0.4, -0.2) is 21.7 Å². The number of halogens is 1. The van der Waals surface area contributed by atoms with Gasteiger partial charge in [0.1, 0.15) is 0 Å². The van der Waals surface area contributed by atoms with Gasteiger partial charge in [0.05, 0.1) is 17.7 Å². The van der Waals surface area contributed by atoms with Crippen molar-refractivity contribution in [1.29, 1.82) is 0 Å². The molecule has 0 radical (unpaired) electrons. The molecule has 0 aliphatic carbocycles. The van der Waals surface area contributed by atoms with Crippen LogP contribution in [0.25, 0.3) is 17.0 Å². The average Bonchev–Trinajstić information content (AvgIpc) is 3.04. The summed E-state index contributed by atoms with van der Waals surface area (Å²) in [7, 11) is 0. The number of nitrogens with zero attached hydrogens (tertiary/aromatic N) is 3. The first kappa shape index (κ1) is 15.2. The maximum absolute atomic E-state index is 6.07. The van der Waals surface area contributed by atoms with Crippen molar-refractivity contribution < 1.29 is 0 Å². The highest BCUT2D eigenvalue weighted by Crippen LogP contribution is 2.29. The van der Waals surface area contributed by atoms with E-state index in [1.807, 2.05) is 30.5 Å². The Kier molecular flexibility index (Phi) is 4.19. The van der Waals surface area contributed by atoms with Crippen LogP contribution in [0.3, 0.4) is 0 Å². The van der Waals surface area contributed by atoms with E-state index in [1.165, 1.54) is 4.91 Å². The van der Waals surface area contributed by atoms with E-state index in [-0.39, 0.29) is 0 Å². The maximum atomic E-state index is 6.07. The van der Waals surface area contributed by atoms with Crippen molar-refractivity contribution in [3.05, 3.63) is 70.5 Å². The molecule has 0 amide bonds. The van der Waals surface area contributed by atoms with Crippen LogP contribution in [0.2, 0.25) is 5.15 Å². The van der Waals surface area contributed by atoms with Crippen LogP contribution in [0.1, 0.15) is 5.56 Å². The minimum Gasteiger partial charge on any atom is -0.332 e. The summed E-state index contributed by atoms with van der Waals surface area (Å²) in [5.41, 5.74) is 2.92. The molecule has 0 saturated heterocycles. The fraction of sp³-hybridized carbons (Fsp3) is 0.0556. The molecule has 4 rings (SSSR count). The Labute approximate surface area is 148 Å². The van der Waals surface area contributed by atoms with Crippen LogP contribution in [-0.2, 0) is 0 Å². The molecule has 0 spiro atoms. The average molecular weight is 353 g/mol. The first-order chi connectivity index (χ1) is 11.8. The summed E-state index contributed by atoms with van der Waals surface area (Å²) >= 11 is 7.68. The maximum Gasteiger partial charge on any atom is 0.166 e. The summed E-state index contributed by atoms with van der Waals surface area (Å²) in [4.78, 5) is 14.1. The topological polar surface area (TPSA) is 50.2 Å². The number of anilines is 1. The summed E-state index contributed by atoms with van der Waals surface area (Å²) in [6, 6.07) is 14.0. The molecular weight excluding hydrogens is 340 g/mol. The molecule has 3 aromatic rings. The van der Waals surface area contributed by atoms with Crippen molar-refractivity contribution in [3.8, 4) is 0 Å². The highest BCUT2D eigenvalue weighted by Gasteiger charge is 2.14. The Morgan fingerprint density at radius 1 is 1.08 bits per heavy atom. The van der Waals surface area contributed by atoms with E-state index in [9.17, 15) is 0 Å². The predicted octanol–water partition coefficient (Wildman–Crippen LogP) is 4.84. The van der Waals surface area contributed by atoms with Gasteiger partial charge in [-0.15, -0.1) is 0 Å². The molecule has 0 fully saturated rings. The fourth-order valence-corrected chi connectivity index (χ4v) is 3.47. The monoisotopic (exact) mass is 352 g/mol. The quantitative estimate of drug-likeness (QED) is 0.670. The summed E-state index contributed by atoms with van der Waals surface area (Å²) in [6.07, 6.45) is 5.62. The Hall–Kier alpha value is -2.37. The molecule has 0 bridgehead atoms. The highest BCUT2D eigenvalue weighted by atomic mass is 35.5. The SMILES string of the molecule is Clc1ncccc1NC1=NCC(=Cc2ccc3ncccc3c2)S1. The van der Waals surface area contributed by atoms with Crippen LogP contribution >= 0.6 is 23.4 Å². The van der Waals surface area contributed by atoms with E-state index >= 15 is 0 Å². The molecule has 2 aromatic heterocycles. The van der Waals surface area contributed by atoms with E-state index in [1.54, 1.807) is 18.0 Å². The van der Waals surface area contributed by atoms with Gasteiger partial charge in [-0.25, -0.2) is 4.98 Å². The van der Waals surface area contributed by atoms with Crippen molar-refractivity contribution in [1.82, 2.24) is 9.97 Å². The van der Waals surface area contributed by atoms with Gasteiger partial charge in [0.15, 0.2) is 10.3 Å². The number of amidine groups is 1. The van der Waals surface area contributed by atoms with Crippen molar-refractivity contribution in [3.63, 3.8) is 0 Å². The van der Waals surface area contributed by atoms with Crippen molar-refractivity contribution in [2.45, 2.75) is 0 Å². The van der Waals surface area contributed by atoms with Crippen LogP contribution in [0.15, 0.2) is 64.8 Å². The van der Waals surface area contributed by atoms with Gasteiger partial charge in [-0.05, 0) is 42.0 Å². The first-order valence-corrected chi connectivity index (χ1v) is 8.62. The molecule has 3 heterocycles. The lowest BCUT2D eigenvalue weighted by atomic mass is 10.1. The lowest BCUT2D eigenvalue weighted by Gasteiger charge is -2.05. The Morgan fingerprint density at radius 2 is 1.96 bits per heavy atom. The van der Waals surface area contributed by atoms with Gasteiger partial charge in [-0.1, -0.05) is 35.5 Å². The van der Waals surface area contributed by atoms with E-state index in [4.69, 9.17) is 11.6 Å². The molecule has 0 saturated carbocycles. The lowest BCUT2D eigenvalue weighted by Crippen LogP contribution is -2.05. The number of nitrogens with one attached hydrogen (secondary N) is 1. The smallest absolute Gasteiger partial charge is 0.166 e. The van der Waals surface area contributed by atoms with Gasteiger partial charge in [-0.2, -0.15) is 0 Å². The molecule has 24 heavy (non-hydrogen) atoms. The van der Waals surface area contributed by atoms with Crippen molar-refractivity contribution in [2.24, 2.45) is 4.99 Å². The summed E-state index contributed by atoms with van der Waals surface area (Å²) in [5.74, 6) is 0. The van der Waals surface area contributed by atoms with Crippen molar-refractivity contribution >= 4 is 51.2 Å². The number of thioether (sulfide) groups is 1. The number of benzene rings is 1. The second-order valence-corrected chi connectivity index (χ2v) is 6.73. The Morgan fingerprint density at radius 3 is 2.88 bits per heavy atom. The number of hydrogen-bond donors (Lipinski definition) is 1. The Bertz CT molecular complexity index is 968. The molecule has 1 N–H and O–H groups in total. The van der Waals surface area contributed by atoms with Crippen LogP contribution in [0.5, 0.6) is 0 Å². The predicted molar refractivity (Wildman–Crippen MR) is 102 cm³/mol. The standard InChI is InChI=1S/C18H13ClN4S/c19-17-16(4-2-8-21-17)23-18-22-11-14(24-18)10-12-5-6-15-13(9-12)3-1-7-20-15/h1-10H,11H2,(H,22,23). The second kappa shape index (κ2) is 6.63. The minimum absolute atomic E-state index is 0.445. The number of aliphatic imine (C=N–C) groups is 1. The molecular formula is C18H13ClN4S. The number of rotatable bonds is 2. The Balaban J connectivity index is 1.50. The second-order valence-electron chi connectivity index (χ2n) is 5.26. The van der Waals surface area contributed by atoms with Gasteiger partial charge in [0.25, 0.3) is 0 Å². The van der Waals surface area contributed by atoms with Crippen molar-refractivity contribution in [2.75, 3.05) is 11.9 Å². The van der Waals surface area contributed by atoms with E-state index < -0.39 is 0 Å². The minimum atomic E-state index is 0.445. The molecule has 1 aliphatic heterocycles. The summed E-state index contributed by atoms with van der Waals surface area (Å²) < 4.78 is 0. The third-order valence-corrected chi connectivity index (χ3v) is 4.80. The normalized spacial score (nSPS) is 15.7. The lowest BCUT2D eigenvalue weighted by molar-refractivity contribution is 1.25. The van der Waals surface area contributed by atoms with E-state index in [0.717, 1.165) is 27.3 Å². The van der Waals surface area contributed by atoms with E-state index in [2.05, 4.69) is 44.6 Å². The van der Waals surface area contributed by atoms with Crippen LogP contribution in [0, 0.1) is 0 Å². The third-order valence-electron chi connectivity index (χ3n) is 3.56. The van der Waals surface area contributed by atoms with Gasteiger partial charge in [-0.3, -0.25) is 9.98 Å². The number of hydrogen-bond acceptors (Lipinski definition) is 5. The summed E-state index contributed by atoms with van der Waals surface area (Å²) in [6.45, 7) is 0.663. The van der Waals surface area contributed by atoms with Gasteiger partial charge in [0.2, 0.25) is 0 Å². The summed E-state index contributed by atoms with van der Waals surface area (Å²) in [5, 5.41) is 5.63. The zero-order valence-electron chi connectivity index (χ0n) is 12.6. The molecule has 1 aromatic carbocycles. The molecule has 6 heteroatoms. The largest absolute Gasteiger partial charge is 0.332 e. The number of pyridine rings is 2. The molecule has 0 atom stereocenters. The third kappa shape index (κ3) is 3.27. The van der Waals surface area contributed by atoms with Gasteiger partial charge < -0.3 is 5.32 Å². The number of fused-ring (bicyclic) bond motifs is 1. The fourth-order valence-electron chi connectivity index (χ4n) is 2.44. The molecule has 4 nitrogen and oxygen atoms in total. The van der Waals surface area contributed by atoms with Crippen LogP contribution < -0.4 is 5.32 Å². The van der Waals surface area contributed by atoms with Crippen LogP contribution in [0.4, 0.5) is 5.69 Å². The zero-order valence-corrected chi connectivity index (χ0v) is 14.2.